The fourth-order valence-electron chi connectivity index (χ4n) is 1.48. The van der Waals surface area contributed by atoms with Crippen LogP contribution in [-0.4, -0.2) is 40.3 Å². The minimum absolute atomic E-state index is 0.0334. The molecule has 18 heavy (non-hydrogen) atoms. The number of aliphatic carboxylic acids is 1. The lowest BCUT2D eigenvalue weighted by Gasteiger charge is -2.13. The van der Waals surface area contributed by atoms with Crippen molar-refractivity contribution in [1.29, 1.82) is 0 Å². The molecule has 0 aliphatic carbocycles. The molecular formula is C11H14N2O5. The molecule has 0 radical (unpaired) electrons. The molecule has 0 aliphatic rings. The molecule has 0 aromatic heterocycles. The van der Waals surface area contributed by atoms with Gasteiger partial charge in [-0.1, -0.05) is 12.1 Å². The van der Waals surface area contributed by atoms with Gasteiger partial charge in [0.1, 0.15) is 6.04 Å². The number of rotatable bonds is 7. The number of carboxylic acids is 1. The fraction of sp³-hybridized carbons (Fsp3) is 0.364. The molecule has 0 fully saturated rings. The minimum atomic E-state index is -1.03. The van der Waals surface area contributed by atoms with Crippen LogP contribution in [0.15, 0.2) is 24.3 Å². The highest BCUT2D eigenvalue weighted by atomic mass is 16.6. The lowest BCUT2D eigenvalue weighted by atomic mass is 10.1. The van der Waals surface area contributed by atoms with Crippen LogP contribution in [0, 0.1) is 10.1 Å². The monoisotopic (exact) mass is 254 g/mol. The first-order valence-electron chi connectivity index (χ1n) is 5.35. The molecule has 1 atom stereocenters. The summed E-state index contributed by atoms with van der Waals surface area (Å²) in [5.74, 6) is -1.03. The normalized spacial score (nSPS) is 12.1. The van der Waals surface area contributed by atoms with E-state index in [9.17, 15) is 14.9 Å². The van der Waals surface area contributed by atoms with Gasteiger partial charge in [-0.05, 0) is 12.0 Å². The molecule has 7 nitrogen and oxygen atoms in total. The molecule has 0 spiro atoms. The standard InChI is InChI=1S/C11H14N2O5/c14-6-5-12-10(11(15)16)7-8-1-3-9(4-2-8)13(17)18/h1-4,10,12,14H,5-7H2,(H,15,16). The van der Waals surface area contributed by atoms with Gasteiger partial charge in [0.2, 0.25) is 0 Å². The van der Waals surface area contributed by atoms with E-state index in [1.54, 1.807) is 0 Å². The van der Waals surface area contributed by atoms with Gasteiger partial charge in [-0.15, -0.1) is 0 Å². The summed E-state index contributed by atoms with van der Waals surface area (Å²) < 4.78 is 0. The molecule has 1 aromatic carbocycles. The fourth-order valence-corrected chi connectivity index (χ4v) is 1.48. The number of carbonyl (C=O) groups is 1. The van der Waals surface area contributed by atoms with Crippen LogP contribution in [0.4, 0.5) is 5.69 Å². The first-order chi connectivity index (χ1) is 8.54. The Morgan fingerprint density at radius 2 is 2.00 bits per heavy atom. The van der Waals surface area contributed by atoms with Crippen molar-refractivity contribution in [3.05, 3.63) is 39.9 Å². The van der Waals surface area contributed by atoms with Crippen molar-refractivity contribution in [2.24, 2.45) is 0 Å². The van der Waals surface area contributed by atoms with E-state index in [0.717, 1.165) is 0 Å². The molecule has 1 unspecified atom stereocenters. The van der Waals surface area contributed by atoms with Gasteiger partial charge in [-0.25, -0.2) is 0 Å². The van der Waals surface area contributed by atoms with E-state index in [4.69, 9.17) is 10.2 Å². The van der Waals surface area contributed by atoms with Crippen LogP contribution >= 0.6 is 0 Å². The smallest absolute Gasteiger partial charge is 0.321 e. The maximum Gasteiger partial charge on any atom is 0.321 e. The molecule has 1 aromatic rings. The van der Waals surface area contributed by atoms with Crippen LogP contribution < -0.4 is 5.32 Å². The summed E-state index contributed by atoms with van der Waals surface area (Å²) in [6.45, 7) is 0.0357. The zero-order valence-corrected chi connectivity index (χ0v) is 9.57. The van der Waals surface area contributed by atoms with E-state index in [1.807, 2.05) is 0 Å². The quantitative estimate of drug-likeness (QED) is 0.472. The van der Waals surface area contributed by atoms with Crippen LogP contribution in [0.5, 0.6) is 0 Å². The maximum absolute atomic E-state index is 10.9. The predicted octanol–water partition coefficient (Wildman–Crippen LogP) is 0.172. The van der Waals surface area contributed by atoms with Crippen molar-refractivity contribution >= 4 is 11.7 Å². The number of hydrogen-bond acceptors (Lipinski definition) is 5. The van der Waals surface area contributed by atoms with Gasteiger partial charge in [0.15, 0.2) is 0 Å². The van der Waals surface area contributed by atoms with Gasteiger partial charge in [0.05, 0.1) is 11.5 Å². The van der Waals surface area contributed by atoms with Gasteiger partial charge in [-0.3, -0.25) is 14.9 Å². The number of hydrogen-bond donors (Lipinski definition) is 3. The van der Waals surface area contributed by atoms with Crippen molar-refractivity contribution in [1.82, 2.24) is 5.32 Å². The van der Waals surface area contributed by atoms with Gasteiger partial charge < -0.3 is 15.5 Å². The Labute approximate surface area is 103 Å². The molecule has 0 saturated carbocycles. The second-order valence-corrected chi connectivity index (χ2v) is 3.70. The molecule has 0 bridgehead atoms. The number of non-ortho nitro benzene ring substituents is 1. The van der Waals surface area contributed by atoms with E-state index in [2.05, 4.69) is 5.32 Å². The van der Waals surface area contributed by atoms with Crippen molar-refractivity contribution in [3.8, 4) is 0 Å². The van der Waals surface area contributed by atoms with Gasteiger partial charge in [0.25, 0.3) is 5.69 Å². The van der Waals surface area contributed by atoms with Crippen LogP contribution in [-0.2, 0) is 11.2 Å². The molecule has 98 valence electrons. The molecule has 0 saturated heterocycles. The lowest BCUT2D eigenvalue weighted by Crippen LogP contribution is -2.39. The topological polar surface area (TPSA) is 113 Å². The number of nitro groups is 1. The Kier molecular flexibility index (Phi) is 5.22. The number of aliphatic hydroxyl groups excluding tert-OH is 1. The Balaban J connectivity index is 2.68. The molecule has 0 aliphatic heterocycles. The van der Waals surface area contributed by atoms with E-state index >= 15 is 0 Å². The first-order valence-corrected chi connectivity index (χ1v) is 5.35. The van der Waals surface area contributed by atoms with Crippen LogP contribution in [0.3, 0.4) is 0 Å². The molecule has 7 heteroatoms. The third-order valence-electron chi connectivity index (χ3n) is 2.39. The van der Waals surface area contributed by atoms with Gasteiger partial charge in [0, 0.05) is 18.7 Å². The second kappa shape index (κ2) is 6.67. The number of nitro benzene ring substituents is 1. The average Bonchev–Trinajstić information content (AvgIpc) is 2.34. The van der Waals surface area contributed by atoms with E-state index in [0.29, 0.717) is 5.56 Å². The van der Waals surface area contributed by atoms with Crippen molar-refractivity contribution in [3.63, 3.8) is 0 Å². The van der Waals surface area contributed by atoms with E-state index in [1.165, 1.54) is 24.3 Å². The predicted molar refractivity (Wildman–Crippen MR) is 63.3 cm³/mol. The summed E-state index contributed by atoms with van der Waals surface area (Å²) in [6.07, 6.45) is 0.202. The van der Waals surface area contributed by atoms with Gasteiger partial charge >= 0.3 is 5.97 Å². The molecule has 0 heterocycles. The Bertz CT molecular complexity index is 418. The third kappa shape index (κ3) is 4.11. The molecule has 0 amide bonds. The molecule has 3 N–H and O–H groups in total. The number of nitrogens with one attached hydrogen (secondary N) is 1. The Morgan fingerprint density at radius 1 is 1.39 bits per heavy atom. The summed E-state index contributed by atoms with van der Waals surface area (Å²) >= 11 is 0. The van der Waals surface area contributed by atoms with Crippen LogP contribution in [0.2, 0.25) is 0 Å². The number of benzene rings is 1. The minimum Gasteiger partial charge on any atom is -0.480 e. The maximum atomic E-state index is 10.9. The molecule has 1 rings (SSSR count). The third-order valence-corrected chi connectivity index (χ3v) is 2.39. The zero-order valence-electron chi connectivity index (χ0n) is 9.57. The molecular weight excluding hydrogens is 240 g/mol. The summed E-state index contributed by atoms with van der Waals surface area (Å²) in [4.78, 5) is 20.9. The lowest BCUT2D eigenvalue weighted by molar-refractivity contribution is -0.384. The highest BCUT2D eigenvalue weighted by Gasteiger charge is 2.17. The number of nitrogens with zero attached hydrogens (tertiary/aromatic N) is 1. The zero-order chi connectivity index (χ0) is 13.5. The van der Waals surface area contributed by atoms with Gasteiger partial charge in [-0.2, -0.15) is 0 Å². The largest absolute Gasteiger partial charge is 0.480 e. The number of aliphatic hydroxyl groups is 1. The summed E-state index contributed by atoms with van der Waals surface area (Å²) in [5.41, 5.74) is 0.646. The highest BCUT2D eigenvalue weighted by Crippen LogP contribution is 2.13. The highest BCUT2D eigenvalue weighted by molar-refractivity contribution is 5.73. The Hall–Kier alpha value is -1.99. The first kappa shape index (κ1) is 14.1. The summed E-state index contributed by atoms with van der Waals surface area (Å²) in [7, 11) is 0. The SMILES string of the molecule is O=C(O)C(Cc1ccc([N+](=O)[O-])cc1)NCCO. The Morgan fingerprint density at radius 3 is 2.44 bits per heavy atom. The second-order valence-electron chi connectivity index (χ2n) is 3.70. The van der Waals surface area contributed by atoms with Crippen LogP contribution in [0.25, 0.3) is 0 Å². The van der Waals surface area contributed by atoms with Crippen molar-refractivity contribution in [2.75, 3.05) is 13.2 Å². The summed E-state index contributed by atoms with van der Waals surface area (Å²) in [6, 6.07) is 4.89. The van der Waals surface area contributed by atoms with Crippen LogP contribution in [0.1, 0.15) is 5.56 Å². The van der Waals surface area contributed by atoms with Crippen molar-refractivity contribution in [2.45, 2.75) is 12.5 Å². The van der Waals surface area contributed by atoms with Crippen molar-refractivity contribution < 1.29 is 19.9 Å². The number of carboxylic acid groups (broad SMARTS) is 1. The summed E-state index contributed by atoms with van der Waals surface area (Å²) in [5, 5.41) is 30.7. The average molecular weight is 254 g/mol. The van der Waals surface area contributed by atoms with E-state index < -0.39 is 16.9 Å². The van der Waals surface area contributed by atoms with E-state index in [-0.39, 0.29) is 25.3 Å².